The van der Waals surface area contributed by atoms with Crippen molar-refractivity contribution in [1.82, 2.24) is 4.98 Å². The lowest BCUT2D eigenvalue weighted by Gasteiger charge is -2.09. The largest absolute Gasteiger partial charge is 0.338 e. The van der Waals surface area contributed by atoms with Gasteiger partial charge in [-0.3, -0.25) is 0 Å². The Balaban J connectivity index is 1.41. The zero-order valence-electron chi connectivity index (χ0n) is 37.5. The van der Waals surface area contributed by atoms with Gasteiger partial charge >= 0.3 is 0 Å². The highest BCUT2D eigenvalue weighted by Crippen LogP contribution is 2.43. The van der Waals surface area contributed by atoms with E-state index in [0.29, 0.717) is 0 Å². The molecule has 1 aliphatic heterocycles. The molecule has 4 aromatic carbocycles. The fourth-order valence-corrected chi connectivity index (χ4v) is 10.4. The van der Waals surface area contributed by atoms with Crippen LogP contribution in [0.4, 0.5) is 5.82 Å². The van der Waals surface area contributed by atoms with Crippen LogP contribution in [-0.2, 0) is 25.7 Å². The van der Waals surface area contributed by atoms with Crippen LogP contribution in [0.15, 0.2) is 111 Å². The Morgan fingerprint density at radius 1 is 0.443 bits per heavy atom. The van der Waals surface area contributed by atoms with Crippen molar-refractivity contribution in [2.24, 2.45) is 9.98 Å². The predicted octanol–water partition coefficient (Wildman–Crippen LogP) is 17.8. The molecule has 1 aromatic heterocycles. The third-order valence-electron chi connectivity index (χ3n) is 12.2. The van der Waals surface area contributed by atoms with Crippen LogP contribution in [0.5, 0.6) is 0 Å². The van der Waals surface area contributed by atoms with Crippen molar-refractivity contribution in [3.63, 3.8) is 0 Å². The highest BCUT2D eigenvalue weighted by molar-refractivity contribution is 14.1. The van der Waals surface area contributed by atoms with Crippen LogP contribution in [0.1, 0.15) is 164 Å². The second-order valence-electron chi connectivity index (χ2n) is 17.2. The van der Waals surface area contributed by atoms with E-state index in [1.807, 2.05) is 0 Å². The molecule has 6 rings (SSSR count). The van der Waals surface area contributed by atoms with Gasteiger partial charge < -0.3 is 4.98 Å². The van der Waals surface area contributed by atoms with Gasteiger partial charge in [0.05, 0.1) is 15.0 Å². The molecule has 2 heterocycles. The van der Waals surface area contributed by atoms with Gasteiger partial charge in [-0.2, -0.15) is 0 Å². The first kappa shape index (κ1) is 47.2. The summed E-state index contributed by atoms with van der Waals surface area (Å²) in [6.07, 6.45) is 24.9. The number of allylic oxidation sites excluding steroid dienone is 1. The number of amidine groups is 1. The van der Waals surface area contributed by atoms with Gasteiger partial charge in [0.2, 0.25) is 0 Å². The normalized spacial score (nSPS) is 13.5. The second-order valence-corrected chi connectivity index (χ2v) is 19.3. The van der Waals surface area contributed by atoms with Crippen molar-refractivity contribution in [2.45, 2.75) is 156 Å². The van der Waals surface area contributed by atoms with E-state index in [1.165, 1.54) is 140 Å². The molecule has 0 saturated carbocycles. The molecule has 322 valence electrons. The van der Waals surface area contributed by atoms with Gasteiger partial charge in [-0.1, -0.05) is 202 Å². The summed E-state index contributed by atoms with van der Waals surface area (Å²) >= 11 is 5.09. The highest BCUT2D eigenvalue weighted by atomic mass is 127. The molecule has 0 unspecified atom stereocenters. The molecular weight excluding hydrogens is 968 g/mol. The molecule has 0 aliphatic carbocycles. The summed E-state index contributed by atoms with van der Waals surface area (Å²) in [5.41, 5.74) is 14.6. The summed E-state index contributed by atoms with van der Waals surface area (Å²) in [4.78, 5) is 14.9. The fraction of sp³-hybridized carbons (Fsp3) is 0.429. The number of aryl methyl sites for hydroxylation is 4. The van der Waals surface area contributed by atoms with Gasteiger partial charge in [0, 0.05) is 20.3 Å². The SMILES string of the molecule is CCCCCCc1ccc(C2=N/C(=N\c3[nH]c(-c4ccc(CCCCCC)cc4)c(I)c3-c3ccc(CCCCCC)cc3)C(c3ccc(CCCCCC)cc3)=C2I)cc1. The Bertz CT molecular complexity index is 2190. The average Bonchev–Trinajstić information content (AvgIpc) is 3.79. The lowest BCUT2D eigenvalue weighted by atomic mass is 9.99. The van der Waals surface area contributed by atoms with Crippen molar-refractivity contribution in [3.05, 3.63) is 138 Å². The van der Waals surface area contributed by atoms with E-state index in [2.05, 4.69) is 175 Å². The van der Waals surface area contributed by atoms with Gasteiger partial charge in [-0.25, -0.2) is 9.98 Å². The number of rotatable bonds is 25. The minimum atomic E-state index is 0.763. The molecule has 1 N–H and O–H groups in total. The Labute approximate surface area is 396 Å². The van der Waals surface area contributed by atoms with E-state index in [-0.39, 0.29) is 0 Å². The number of unbranched alkanes of at least 4 members (excludes halogenated alkanes) is 12. The summed E-state index contributed by atoms with van der Waals surface area (Å²) in [7, 11) is 0. The van der Waals surface area contributed by atoms with Crippen LogP contribution in [0.25, 0.3) is 28.0 Å². The third kappa shape index (κ3) is 13.4. The van der Waals surface area contributed by atoms with Gasteiger partial charge in [0.15, 0.2) is 5.84 Å². The zero-order valence-corrected chi connectivity index (χ0v) is 41.8. The first-order valence-electron chi connectivity index (χ1n) is 23.8. The smallest absolute Gasteiger partial charge is 0.163 e. The molecule has 0 fully saturated rings. The molecule has 3 nitrogen and oxygen atoms in total. The highest BCUT2D eigenvalue weighted by Gasteiger charge is 2.28. The molecule has 0 spiro atoms. The van der Waals surface area contributed by atoms with Crippen LogP contribution in [0.3, 0.4) is 0 Å². The number of hydrogen-bond donors (Lipinski definition) is 1. The molecule has 0 bridgehead atoms. The van der Waals surface area contributed by atoms with Crippen molar-refractivity contribution in [3.8, 4) is 22.4 Å². The summed E-state index contributed by atoms with van der Waals surface area (Å²) < 4.78 is 2.33. The van der Waals surface area contributed by atoms with Crippen molar-refractivity contribution >= 4 is 68.1 Å². The number of aromatic nitrogens is 1. The van der Waals surface area contributed by atoms with Crippen molar-refractivity contribution in [1.29, 1.82) is 0 Å². The molecule has 0 atom stereocenters. The van der Waals surface area contributed by atoms with Crippen molar-refractivity contribution in [2.75, 3.05) is 0 Å². The van der Waals surface area contributed by atoms with E-state index >= 15 is 0 Å². The summed E-state index contributed by atoms with van der Waals surface area (Å²) in [6, 6.07) is 36.9. The number of aliphatic imine (C=N–C) groups is 2. The van der Waals surface area contributed by atoms with Gasteiger partial charge in [0.1, 0.15) is 5.82 Å². The number of benzene rings is 4. The Morgan fingerprint density at radius 2 is 0.820 bits per heavy atom. The number of nitrogens with zero attached hydrogens (tertiary/aromatic N) is 2. The quantitative estimate of drug-likeness (QED) is 0.0447. The topological polar surface area (TPSA) is 40.5 Å². The minimum Gasteiger partial charge on any atom is -0.338 e. The van der Waals surface area contributed by atoms with Gasteiger partial charge in [-0.05, 0) is 135 Å². The standard InChI is InChI=1S/C56H69I2N3/c1-5-9-13-17-21-41-25-33-45(34-26-41)49-51(57)53(47-37-29-43(30-38-47)23-19-15-11-7-3)59-55(49)61-56-50(46-35-27-42(28-36-46)22-18-14-10-6-2)52(58)54(60-56)48-39-31-44(32-40-48)24-20-16-12-8-4/h25-40,59H,5-24H2,1-4H3/b61-56-. The van der Waals surface area contributed by atoms with Gasteiger partial charge in [-0.15, -0.1) is 0 Å². The molecule has 5 aromatic rings. The average molecular weight is 1040 g/mol. The summed E-state index contributed by atoms with van der Waals surface area (Å²) in [6.45, 7) is 9.11. The molecule has 0 radical (unpaired) electrons. The maximum atomic E-state index is 5.57. The number of H-pyrrole nitrogens is 1. The number of nitrogens with one attached hydrogen (secondary N) is 1. The van der Waals surface area contributed by atoms with Crippen LogP contribution < -0.4 is 0 Å². The number of halogens is 2. The lowest BCUT2D eigenvalue weighted by Crippen LogP contribution is -1.99. The minimum absolute atomic E-state index is 0.763. The molecule has 1 aliphatic rings. The third-order valence-corrected chi connectivity index (χ3v) is 14.4. The first-order valence-corrected chi connectivity index (χ1v) is 26.0. The second kappa shape index (κ2) is 25.1. The number of hydrogen-bond acceptors (Lipinski definition) is 1. The van der Waals surface area contributed by atoms with Crippen LogP contribution in [0, 0.1) is 3.57 Å². The van der Waals surface area contributed by atoms with E-state index in [9.17, 15) is 0 Å². The van der Waals surface area contributed by atoms with E-state index < -0.39 is 0 Å². The molecule has 5 heteroatoms. The maximum absolute atomic E-state index is 5.57. The van der Waals surface area contributed by atoms with Crippen LogP contribution >= 0.6 is 45.2 Å². The molecular formula is C56H69I2N3. The van der Waals surface area contributed by atoms with E-state index in [0.717, 1.165) is 74.6 Å². The summed E-state index contributed by atoms with van der Waals surface area (Å²) in [5, 5.41) is 0. The molecule has 0 amide bonds. The fourth-order valence-electron chi connectivity index (χ4n) is 8.44. The zero-order chi connectivity index (χ0) is 42.8. The maximum Gasteiger partial charge on any atom is 0.163 e. The van der Waals surface area contributed by atoms with E-state index in [4.69, 9.17) is 9.98 Å². The predicted molar refractivity (Wildman–Crippen MR) is 283 cm³/mol. The summed E-state index contributed by atoms with van der Waals surface area (Å²) in [5.74, 6) is 1.62. The molecule has 0 saturated heterocycles. The lowest BCUT2D eigenvalue weighted by molar-refractivity contribution is 0.667. The van der Waals surface area contributed by atoms with Crippen LogP contribution in [0.2, 0.25) is 0 Å². The monoisotopic (exact) mass is 1040 g/mol. The van der Waals surface area contributed by atoms with Crippen molar-refractivity contribution < 1.29 is 0 Å². The van der Waals surface area contributed by atoms with E-state index in [1.54, 1.807) is 0 Å². The molecule has 61 heavy (non-hydrogen) atoms. The Hall–Kier alpha value is -3.30. The Morgan fingerprint density at radius 3 is 1.23 bits per heavy atom. The number of aromatic amines is 1. The van der Waals surface area contributed by atoms with Crippen LogP contribution in [-0.4, -0.2) is 16.5 Å². The Kier molecular flexibility index (Phi) is 19.4. The van der Waals surface area contributed by atoms with Gasteiger partial charge in [0.25, 0.3) is 0 Å². The first-order chi connectivity index (χ1) is 29.9.